The average molecular weight is 332 g/mol. The number of rotatable bonds is 5. The molecule has 5 nitrogen and oxygen atoms in total. The third kappa shape index (κ3) is 4.82. The fourth-order valence-electron chi connectivity index (χ4n) is 2.08. The molecular formula is C17H20N2O3S. The Hall–Kier alpha value is -2.34. The molecule has 6 heteroatoms. The molecule has 23 heavy (non-hydrogen) atoms. The van der Waals surface area contributed by atoms with E-state index < -0.39 is 16.1 Å². The van der Waals surface area contributed by atoms with Crippen LogP contribution in [0.2, 0.25) is 0 Å². The van der Waals surface area contributed by atoms with Gasteiger partial charge >= 0.3 is 6.03 Å². The molecule has 122 valence electrons. The van der Waals surface area contributed by atoms with Gasteiger partial charge in [0.1, 0.15) is 0 Å². The van der Waals surface area contributed by atoms with Gasteiger partial charge in [0.2, 0.25) is 0 Å². The first-order valence-electron chi connectivity index (χ1n) is 7.31. The van der Waals surface area contributed by atoms with E-state index in [9.17, 15) is 13.2 Å². The van der Waals surface area contributed by atoms with Crippen molar-refractivity contribution in [2.24, 2.45) is 0 Å². The van der Waals surface area contributed by atoms with Crippen molar-refractivity contribution in [1.29, 1.82) is 0 Å². The summed E-state index contributed by atoms with van der Waals surface area (Å²) in [4.78, 5) is 11.9. The minimum atomic E-state index is -3.85. The fraction of sp³-hybridized carbons (Fsp3) is 0.235. The Morgan fingerprint density at radius 2 is 1.65 bits per heavy atom. The number of hydrogen-bond donors (Lipinski definition) is 2. The molecule has 0 spiro atoms. The molecule has 0 aromatic heterocycles. The van der Waals surface area contributed by atoms with Crippen LogP contribution in [0.25, 0.3) is 0 Å². The van der Waals surface area contributed by atoms with Crippen molar-refractivity contribution in [2.45, 2.75) is 24.7 Å². The predicted molar refractivity (Wildman–Crippen MR) is 89.8 cm³/mol. The summed E-state index contributed by atoms with van der Waals surface area (Å²) in [6.45, 7) is 4.17. The van der Waals surface area contributed by atoms with Gasteiger partial charge in [-0.1, -0.05) is 55.0 Å². The van der Waals surface area contributed by atoms with Gasteiger partial charge < -0.3 is 5.32 Å². The molecule has 0 aliphatic rings. The van der Waals surface area contributed by atoms with Crippen LogP contribution < -0.4 is 10.0 Å². The molecule has 2 N–H and O–H groups in total. The van der Waals surface area contributed by atoms with Crippen molar-refractivity contribution >= 4 is 16.1 Å². The van der Waals surface area contributed by atoms with E-state index in [2.05, 4.69) is 5.32 Å². The van der Waals surface area contributed by atoms with E-state index in [0.29, 0.717) is 6.54 Å². The van der Waals surface area contributed by atoms with Crippen molar-refractivity contribution < 1.29 is 13.2 Å². The molecular weight excluding hydrogens is 312 g/mol. The molecule has 0 radical (unpaired) electrons. The van der Waals surface area contributed by atoms with Crippen LogP contribution in [0.15, 0.2) is 59.5 Å². The molecule has 0 saturated heterocycles. The van der Waals surface area contributed by atoms with Crippen LogP contribution >= 0.6 is 0 Å². The van der Waals surface area contributed by atoms with Crippen LogP contribution in [0, 0.1) is 6.92 Å². The maximum atomic E-state index is 12.1. The smallest absolute Gasteiger partial charge is 0.328 e. The lowest BCUT2D eigenvalue weighted by atomic mass is 10.0. The van der Waals surface area contributed by atoms with E-state index in [1.807, 2.05) is 48.9 Å². The Morgan fingerprint density at radius 1 is 1.04 bits per heavy atom. The van der Waals surface area contributed by atoms with Gasteiger partial charge in [-0.3, -0.25) is 0 Å². The van der Waals surface area contributed by atoms with Gasteiger partial charge in [-0.25, -0.2) is 17.9 Å². The molecule has 0 aliphatic carbocycles. The first-order valence-corrected chi connectivity index (χ1v) is 8.79. The molecule has 1 atom stereocenters. The number of nitrogens with one attached hydrogen (secondary N) is 2. The summed E-state index contributed by atoms with van der Waals surface area (Å²) < 4.78 is 26.2. The average Bonchev–Trinajstić information content (AvgIpc) is 2.53. The first-order chi connectivity index (χ1) is 10.9. The fourth-order valence-corrected chi connectivity index (χ4v) is 3.01. The minimum Gasteiger partial charge on any atom is -0.337 e. The molecule has 2 aromatic carbocycles. The van der Waals surface area contributed by atoms with Crippen molar-refractivity contribution in [2.75, 3.05) is 6.54 Å². The van der Waals surface area contributed by atoms with Gasteiger partial charge in [-0.05, 0) is 30.5 Å². The predicted octanol–water partition coefficient (Wildman–Crippen LogP) is 2.79. The van der Waals surface area contributed by atoms with E-state index in [0.717, 1.165) is 11.1 Å². The maximum Gasteiger partial charge on any atom is 0.328 e. The molecule has 0 fully saturated rings. The van der Waals surface area contributed by atoms with E-state index in [4.69, 9.17) is 0 Å². The number of urea groups is 1. The Labute approximate surface area is 136 Å². The van der Waals surface area contributed by atoms with Crippen LogP contribution in [0.5, 0.6) is 0 Å². The Kier molecular flexibility index (Phi) is 5.39. The van der Waals surface area contributed by atoms with E-state index in [1.54, 1.807) is 12.1 Å². The highest BCUT2D eigenvalue weighted by Gasteiger charge is 2.17. The molecule has 0 saturated carbocycles. The topological polar surface area (TPSA) is 75.3 Å². The Bertz CT molecular complexity index is 756. The van der Waals surface area contributed by atoms with Crippen molar-refractivity contribution in [1.82, 2.24) is 10.0 Å². The van der Waals surface area contributed by atoms with Crippen LogP contribution in [0.4, 0.5) is 4.79 Å². The number of aryl methyl sites for hydroxylation is 1. The third-order valence-corrected chi connectivity index (χ3v) is 4.84. The van der Waals surface area contributed by atoms with E-state index in [1.165, 1.54) is 12.1 Å². The largest absolute Gasteiger partial charge is 0.337 e. The van der Waals surface area contributed by atoms with Crippen LogP contribution in [0.3, 0.4) is 0 Å². The molecule has 0 bridgehead atoms. The number of benzene rings is 2. The number of carbonyl (C=O) groups excluding carboxylic acids is 1. The lowest BCUT2D eigenvalue weighted by Gasteiger charge is -2.14. The van der Waals surface area contributed by atoms with Gasteiger partial charge in [-0.15, -0.1) is 0 Å². The van der Waals surface area contributed by atoms with Gasteiger partial charge in [0, 0.05) is 6.54 Å². The molecule has 1 unspecified atom stereocenters. The molecule has 0 aliphatic heterocycles. The molecule has 0 heterocycles. The second kappa shape index (κ2) is 7.28. The maximum absolute atomic E-state index is 12.1. The highest BCUT2D eigenvalue weighted by molar-refractivity contribution is 7.90. The quantitative estimate of drug-likeness (QED) is 0.884. The van der Waals surface area contributed by atoms with Gasteiger partial charge in [0.05, 0.1) is 4.90 Å². The normalized spacial score (nSPS) is 12.4. The van der Waals surface area contributed by atoms with Crippen molar-refractivity contribution in [3.05, 3.63) is 65.7 Å². The molecule has 2 amide bonds. The number of hydrogen-bond acceptors (Lipinski definition) is 3. The first kappa shape index (κ1) is 17.0. The summed E-state index contributed by atoms with van der Waals surface area (Å²) in [6.07, 6.45) is 0. The summed E-state index contributed by atoms with van der Waals surface area (Å²) >= 11 is 0. The number of carbonyl (C=O) groups is 1. The highest BCUT2D eigenvalue weighted by Crippen LogP contribution is 2.13. The zero-order valence-electron chi connectivity index (χ0n) is 13.1. The van der Waals surface area contributed by atoms with Crippen LogP contribution in [-0.2, 0) is 10.0 Å². The van der Waals surface area contributed by atoms with E-state index in [-0.39, 0.29) is 10.8 Å². The van der Waals surface area contributed by atoms with Crippen LogP contribution in [-0.4, -0.2) is 21.0 Å². The minimum absolute atomic E-state index is 0.0642. The van der Waals surface area contributed by atoms with Gasteiger partial charge in [-0.2, -0.15) is 0 Å². The van der Waals surface area contributed by atoms with Gasteiger partial charge in [0.25, 0.3) is 10.0 Å². The SMILES string of the molecule is Cc1ccc(S(=O)(=O)NC(=O)NCC(C)c2ccccc2)cc1. The standard InChI is InChI=1S/C17H20N2O3S/c1-13-8-10-16(11-9-13)23(21,22)19-17(20)18-12-14(2)15-6-4-3-5-7-15/h3-11,14H,12H2,1-2H3,(H2,18,19,20). The second-order valence-corrected chi connectivity index (χ2v) is 7.12. The summed E-state index contributed by atoms with van der Waals surface area (Å²) in [7, 11) is -3.85. The Balaban J connectivity index is 1.93. The number of amides is 2. The van der Waals surface area contributed by atoms with Crippen molar-refractivity contribution in [3.63, 3.8) is 0 Å². The third-order valence-electron chi connectivity index (χ3n) is 3.50. The zero-order valence-corrected chi connectivity index (χ0v) is 13.9. The van der Waals surface area contributed by atoms with E-state index >= 15 is 0 Å². The molecule has 2 rings (SSSR count). The van der Waals surface area contributed by atoms with Crippen molar-refractivity contribution in [3.8, 4) is 0 Å². The summed E-state index contributed by atoms with van der Waals surface area (Å²) in [5, 5.41) is 2.59. The molecule has 2 aromatic rings. The second-order valence-electron chi connectivity index (χ2n) is 5.44. The highest BCUT2D eigenvalue weighted by atomic mass is 32.2. The zero-order chi connectivity index (χ0) is 16.9. The monoisotopic (exact) mass is 332 g/mol. The number of sulfonamides is 1. The van der Waals surface area contributed by atoms with Gasteiger partial charge in [0.15, 0.2) is 0 Å². The summed E-state index contributed by atoms with van der Waals surface area (Å²) in [5.74, 6) is 0.0871. The summed E-state index contributed by atoms with van der Waals surface area (Å²) in [6, 6.07) is 15.3. The summed E-state index contributed by atoms with van der Waals surface area (Å²) in [5.41, 5.74) is 2.03. The Morgan fingerprint density at radius 3 is 2.26 bits per heavy atom. The lowest BCUT2D eigenvalue weighted by Crippen LogP contribution is -2.40. The lowest BCUT2D eigenvalue weighted by molar-refractivity contribution is 0.245. The van der Waals surface area contributed by atoms with Crippen LogP contribution in [0.1, 0.15) is 24.0 Å².